The monoisotopic (exact) mass is 576 g/mol. The van der Waals surface area contributed by atoms with Gasteiger partial charge in [0.25, 0.3) is 0 Å². The van der Waals surface area contributed by atoms with Crippen molar-refractivity contribution in [3.05, 3.63) is 81.7 Å². The summed E-state index contributed by atoms with van der Waals surface area (Å²) < 4.78 is 5.75. The van der Waals surface area contributed by atoms with Crippen LogP contribution in [0.15, 0.2) is 59.4 Å². The molecule has 0 atom stereocenters. The Bertz CT molecular complexity index is 1150. The molecule has 0 fully saturated rings. The second-order valence-electron chi connectivity index (χ2n) is 15.0. The zero-order chi connectivity index (χ0) is 29.9. The van der Waals surface area contributed by atoms with E-state index in [2.05, 4.69) is 154 Å². The number of para-hydroxylation sites is 2. The Morgan fingerprint density at radius 3 is 1.00 bits per heavy atom. The number of nitrogens with zero attached hydrogens (tertiary/aromatic N) is 2. The lowest BCUT2D eigenvalue weighted by Crippen LogP contribution is -2.33. The average molecular weight is 577 g/mol. The van der Waals surface area contributed by atoms with Crippen molar-refractivity contribution in [1.29, 1.82) is 0 Å². The van der Waals surface area contributed by atoms with Crippen molar-refractivity contribution in [2.75, 3.05) is 9.34 Å². The van der Waals surface area contributed by atoms with Crippen LogP contribution in [0.4, 0.5) is 11.4 Å². The molecule has 0 amide bonds. The van der Waals surface area contributed by atoms with E-state index in [1.807, 2.05) is 0 Å². The minimum Gasteiger partial charge on any atom is -0.301 e. The Labute approximate surface area is 248 Å². The molecule has 0 saturated carbocycles. The lowest BCUT2D eigenvalue weighted by Gasteiger charge is -2.45. The van der Waals surface area contributed by atoms with Gasteiger partial charge in [-0.25, -0.2) is 0 Å². The molecule has 2 aliphatic heterocycles. The van der Waals surface area contributed by atoms with E-state index in [1.165, 1.54) is 45.0 Å². The Kier molecular flexibility index (Phi) is 8.79. The second-order valence-corrected chi connectivity index (χ2v) is 20.1. The smallest absolute Gasteiger partial charge is 0.137 e. The van der Waals surface area contributed by atoms with E-state index in [1.54, 1.807) is 0 Å². The van der Waals surface area contributed by atoms with E-state index in [4.69, 9.17) is 0 Å². The summed E-state index contributed by atoms with van der Waals surface area (Å²) in [4.78, 5) is 0. The highest BCUT2D eigenvalue weighted by molar-refractivity contribution is 8.34. The summed E-state index contributed by atoms with van der Waals surface area (Å²) in [6, 6.07) is 14.1. The van der Waals surface area contributed by atoms with E-state index < -0.39 is 15.5 Å². The molecule has 0 N–H and O–H groups in total. The van der Waals surface area contributed by atoms with Gasteiger partial charge < -0.3 is 9.34 Å². The molecule has 0 spiro atoms. The van der Waals surface area contributed by atoms with Crippen LogP contribution in [0.2, 0.25) is 0 Å². The number of hydrogen-bond donors (Lipinski definition) is 0. The van der Waals surface area contributed by atoms with Gasteiger partial charge in [-0.2, -0.15) is 0 Å². The molecule has 2 aliphatic rings. The zero-order valence-electron chi connectivity index (χ0n) is 27.7. The molecule has 2 nitrogen and oxygen atoms in total. The Morgan fingerprint density at radius 1 is 0.500 bits per heavy atom. The van der Waals surface area contributed by atoms with Gasteiger partial charge in [-0.1, -0.05) is 133 Å². The molecule has 0 radical (unpaired) electrons. The second kappa shape index (κ2) is 11.2. The van der Waals surface area contributed by atoms with E-state index in [0.29, 0.717) is 23.7 Å². The summed E-state index contributed by atoms with van der Waals surface area (Å²) in [7, 11) is -1.16. The number of fused-ring (bicyclic) bond motifs is 1. The maximum absolute atomic E-state index is 2.88. The third kappa shape index (κ3) is 5.57. The van der Waals surface area contributed by atoms with Crippen molar-refractivity contribution >= 4 is 26.9 Å². The topological polar surface area (TPSA) is 6.48 Å². The van der Waals surface area contributed by atoms with Gasteiger partial charge >= 0.3 is 0 Å². The van der Waals surface area contributed by atoms with Gasteiger partial charge in [-0.15, -0.1) is 0 Å². The molecule has 2 aromatic rings. The number of allylic oxidation sites excluding steroid dienone is 2. The highest BCUT2D eigenvalue weighted by atomic mass is 32.1. The van der Waals surface area contributed by atoms with Crippen LogP contribution in [0.1, 0.15) is 143 Å². The Balaban J connectivity index is 2.11. The van der Waals surface area contributed by atoms with Crippen molar-refractivity contribution in [3.8, 4) is 0 Å². The molecule has 0 saturated heterocycles. The summed E-state index contributed by atoms with van der Waals surface area (Å²) in [6.07, 6.45) is 0. The normalized spacial score (nSPS) is 19.9. The summed E-state index contributed by atoms with van der Waals surface area (Å²) in [6.45, 7) is 33.4. The fourth-order valence-corrected chi connectivity index (χ4v) is 14.1. The highest BCUT2D eigenvalue weighted by Crippen LogP contribution is 2.87. The first-order valence-electron chi connectivity index (χ1n) is 15.3. The largest absolute Gasteiger partial charge is 0.301 e. The first-order valence-corrected chi connectivity index (χ1v) is 18.8. The predicted molar refractivity (Wildman–Crippen MR) is 183 cm³/mol. The van der Waals surface area contributed by atoms with Gasteiger partial charge in [-0.05, 0) is 57.6 Å². The first kappa shape index (κ1) is 31.3. The van der Waals surface area contributed by atoms with Gasteiger partial charge in [-0.3, -0.25) is 0 Å². The molecule has 2 heterocycles. The van der Waals surface area contributed by atoms with Crippen LogP contribution in [0.5, 0.6) is 0 Å². The van der Waals surface area contributed by atoms with Crippen molar-refractivity contribution in [2.24, 2.45) is 10.8 Å². The molecule has 0 aromatic heterocycles. The van der Waals surface area contributed by atoms with E-state index in [-0.39, 0.29) is 10.8 Å². The molecule has 0 unspecified atom stereocenters. The third-order valence-electron chi connectivity index (χ3n) is 8.18. The zero-order valence-corrected chi connectivity index (χ0v) is 29.5. The van der Waals surface area contributed by atoms with Gasteiger partial charge in [0.1, 0.15) is 7.91 Å². The van der Waals surface area contributed by atoms with Crippen molar-refractivity contribution in [3.63, 3.8) is 0 Å². The van der Waals surface area contributed by atoms with Crippen LogP contribution in [0.3, 0.4) is 0 Å². The van der Waals surface area contributed by atoms with E-state index in [0.717, 1.165) is 0 Å². The number of benzene rings is 2. The van der Waals surface area contributed by atoms with Gasteiger partial charge in [0.05, 0.1) is 11.4 Å². The molecule has 0 bridgehead atoms. The summed E-state index contributed by atoms with van der Waals surface area (Å²) in [5.74, 6) is 7.21. The molecule has 40 heavy (non-hydrogen) atoms. The summed E-state index contributed by atoms with van der Waals surface area (Å²) >= 11 is 0. The summed E-state index contributed by atoms with van der Waals surface area (Å²) in [5.41, 5.74) is 12.0. The van der Waals surface area contributed by atoms with Crippen LogP contribution in [-0.4, -0.2) is 0 Å². The maximum Gasteiger partial charge on any atom is 0.137 e. The number of rotatable bonds is 6. The Morgan fingerprint density at radius 2 is 0.775 bits per heavy atom. The number of hydrogen-bond acceptors (Lipinski definition) is 2. The van der Waals surface area contributed by atoms with Crippen molar-refractivity contribution in [1.82, 2.24) is 0 Å². The molecule has 4 rings (SSSR count). The molecule has 0 aliphatic carbocycles. The predicted octanol–water partition coefficient (Wildman–Crippen LogP) is 13.0. The minimum atomic E-state index is -0.697. The fourth-order valence-electron chi connectivity index (χ4n) is 5.94. The van der Waals surface area contributed by atoms with Gasteiger partial charge in [0, 0.05) is 29.8 Å². The maximum atomic E-state index is 2.88. The molecular weight excluding hydrogens is 522 g/mol. The van der Waals surface area contributed by atoms with Crippen LogP contribution < -0.4 is 9.34 Å². The standard InChI is InChI=1S/C36H54N2P2/c1-23(2)27-17-15-18-28(24(3)4)33(27)37-31(35(9,10)11)21-39-22-32(36(12,13)14)38(40(37)39)34-29(25(5)6)19-16-20-30(34)26(7)8/h15-26H,1-14H3. The lowest BCUT2D eigenvalue weighted by atomic mass is 9.89. The number of anilines is 2. The molecular formula is C36H54N2P2. The van der Waals surface area contributed by atoms with E-state index in [9.17, 15) is 0 Å². The van der Waals surface area contributed by atoms with Gasteiger partial charge in [0.2, 0.25) is 0 Å². The van der Waals surface area contributed by atoms with Gasteiger partial charge in [0.15, 0.2) is 0 Å². The summed E-state index contributed by atoms with van der Waals surface area (Å²) in [5, 5.41) is 0. The van der Waals surface area contributed by atoms with Crippen LogP contribution in [0.25, 0.3) is 0 Å². The quantitative estimate of drug-likeness (QED) is 0.316. The van der Waals surface area contributed by atoms with Crippen molar-refractivity contribution in [2.45, 2.75) is 121 Å². The van der Waals surface area contributed by atoms with Crippen molar-refractivity contribution < 1.29 is 0 Å². The average Bonchev–Trinajstić information content (AvgIpc) is 3.39. The van der Waals surface area contributed by atoms with Crippen LogP contribution >= 0.6 is 15.5 Å². The fraction of sp³-hybridized carbons (Fsp3) is 0.556. The first-order chi connectivity index (χ1) is 18.5. The SMILES string of the molecule is CC(C)c1cccc(C(C)C)c1N1C(C(C)(C)C)=CP2C=C(C(C)(C)C)N(c3c(C(C)C)cccc3C(C)C)P12. The molecule has 2 aromatic carbocycles. The molecule has 4 heteroatoms. The molecule has 218 valence electrons. The lowest BCUT2D eigenvalue weighted by molar-refractivity contribution is 0.496. The van der Waals surface area contributed by atoms with Crippen LogP contribution in [0, 0.1) is 10.8 Å². The van der Waals surface area contributed by atoms with E-state index >= 15 is 0 Å². The third-order valence-corrected chi connectivity index (χ3v) is 14.2. The highest BCUT2D eigenvalue weighted by Gasteiger charge is 2.51. The van der Waals surface area contributed by atoms with Crippen LogP contribution in [-0.2, 0) is 0 Å². The minimum absolute atomic E-state index is 0.0488. The Hall–Kier alpha value is -1.62.